The third-order valence-electron chi connectivity index (χ3n) is 3.68. The first-order valence-electron chi connectivity index (χ1n) is 7.13. The molecule has 0 saturated carbocycles. The van der Waals surface area contributed by atoms with E-state index in [-0.39, 0.29) is 24.2 Å². The first-order chi connectivity index (χ1) is 8.56. The van der Waals surface area contributed by atoms with Crippen molar-refractivity contribution in [2.24, 2.45) is 5.92 Å². The van der Waals surface area contributed by atoms with Crippen molar-refractivity contribution < 1.29 is 9.53 Å². The molecule has 0 aromatic carbocycles. The largest absolute Gasteiger partial charge is 0.383 e. The molecule has 0 bridgehead atoms. The highest BCUT2D eigenvalue weighted by molar-refractivity contribution is 5.85. The predicted octanol–water partition coefficient (Wildman–Crippen LogP) is 1.99. The van der Waals surface area contributed by atoms with Crippen LogP contribution < -0.4 is 5.32 Å². The van der Waals surface area contributed by atoms with E-state index in [4.69, 9.17) is 4.74 Å². The highest BCUT2D eigenvalue weighted by atomic mass is 16.5. The minimum Gasteiger partial charge on any atom is -0.383 e. The normalized spacial score (nSPS) is 26.1. The van der Waals surface area contributed by atoms with Gasteiger partial charge in [0.25, 0.3) is 0 Å². The fourth-order valence-corrected chi connectivity index (χ4v) is 2.67. The molecule has 1 amide bonds. The van der Waals surface area contributed by atoms with Crippen molar-refractivity contribution in [1.82, 2.24) is 10.2 Å². The molecule has 1 saturated heterocycles. The Hall–Kier alpha value is -0.610. The average Bonchev–Trinajstić information content (AvgIpc) is 2.64. The highest BCUT2D eigenvalue weighted by Crippen LogP contribution is 2.23. The van der Waals surface area contributed by atoms with Gasteiger partial charge < -0.3 is 9.64 Å². The molecule has 0 aromatic rings. The highest BCUT2D eigenvalue weighted by Gasteiger charge is 2.42. The molecule has 106 valence electrons. The molecule has 1 aliphatic rings. The number of rotatable bonds is 7. The van der Waals surface area contributed by atoms with E-state index in [1.165, 1.54) is 0 Å². The van der Waals surface area contributed by atoms with E-state index in [0.717, 1.165) is 19.3 Å². The minimum absolute atomic E-state index is 0.0348. The standard InChI is InChI=1S/C14H28N2O2/c1-6-8-12-15-13(10(3)4)14(17)16(12)11(7-2)9-18-5/h10-13,15H,6-9H2,1-5H3. The van der Waals surface area contributed by atoms with Gasteiger partial charge in [-0.3, -0.25) is 10.1 Å². The topological polar surface area (TPSA) is 41.6 Å². The Morgan fingerprint density at radius 3 is 2.50 bits per heavy atom. The lowest BCUT2D eigenvalue weighted by molar-refractivity contribution is -0.134. The fraction of sp³-hybridized carbons (Fsp3) is 0.929. The van der Waals surface area contributed by atoms with Crippen LogP contribution >= 0.6 is 0 Å². The lowest BCUT2D eigenvalue weighted by Gasteiger charge is -2.31. The number of methoxy groups -OCH3 is 1. The minimum atomic E-state index is -0.0348. The zero-order chi connectivity index (χ0) is 13.7. The van der Waals surface area contributed by atoms with Crippen LogP contribution in [0.4, 0.5) is 0 Å². The van der Waals surface area contributed by atoms with Crippen LogP contribution in [0.1, 0.15) is 47.0 Å². The Morgan fingerprint density at radius 1 is 1.39 bits per heavy atom. The van der Waals surface area contributed by atoms with E-state index in [2.05, 4.69) is 33.0 Å². The molecule has 0 aromatic heterocycles. The maximum Gasteiger partial charge on any atom is 0.241 e. The van der Waals surface area contributed by atoms with Gasteiger partial charge in [0, 0.05) is 7.11 Å². The number of ether oxygens (including phenoxy) is 1. The lowest BCUT2D eigenvalue weighted by Crippen LogP contribution is -2.46. The summed E-state index contributed by atoms with van der Waals surface area (Å²) in [5.41, 5.74) is 0. The molecule has 18 heavy (non-hydrogen) atoms. The van der Waals surface area contributed by atoms with Gasteiger partial charge in [-0.05, 0) is 18.8 Å². The number of carbonyl (C=O) groups is 1. The van der Waals surface area contributed by atoms with Gasteiger partial charge in [-0.1, -0.05) is 34.1 Å². The first kappa shape index (κ1) is 15.4. The molecule has 4 nitrogen and oxygen atoms in total. The summed E-state index contributed by atoms with van der Waals surface area (Å²) in [6.45, 7) is 9.08. The smallest absolute Gasteiger partial charge is 0.241 e. The molecule has 0 radical (unpaired) electrons. The summed E-state index contributed by atoms with van der Waals surface area (Å²) >= 11 is 0. The molecule has 3 atom stereocenters. The number of hydrogen-bond acceptors (Lipinski definition) is 3. The summed E-state index contributed by atoms with van der Waals surface area (Å²) in [6, 6.07) is 0.155. The molecule has 1 fully saturated rings. The molecule has 0 spiro atoms. The van der Waals surface area contributed by atoms with E-state index in [1.807, 2.05) is 4.90 Å². The van der Waals surface area contributed by atoms with Gasteiger partial charge in [-0.15, -0.1) is 0 Å². The third-order valence-corrected chi connectivity index (χ3v) is 3.68. The fourth-order valence-electron chi connectivity index (χ4n) is 2.67. The molecule has 4 heteroatoms. The Morgan fingerprint density at radius 2 is 2.06 bits per heavy atom. The van der Waals surface area contributed by atoms with Crippen LogP contribution in [0.15, 0.2) is 0 Å². The predicted molar refractivity (Wildman–Crippen MR) is 73.3 cm³/mol. The zero-order valence-corrected chi connectivity index (χ0v) is 12.4. The lowest BCUT2D eigenvalue weighted by atomic mass is 10.0. The molecule has 1 aliphatic heterocycles. The molecule has 1 rings (SSSR count). The van der Waals surface area contributed by atoms with E-state index in [1.54, 1.807) is 7.11 Å². The molecule has 1 heterocycles. The Bertz CT molecular complexity index is 269. The summed E-state index contributed by atoms with van der Waals surface area (Å²) in [5.74, 6) is 0.578. The van der Waals surface area contributed by atoms with Crippen LogP contribution in [0.5, 0.6) is 0 Å². The van der Waals surface area contributed by atoms with Crippen molar-refractivity contribution in [2.75, 3.05) is 13.7 Å². The van der Waals surface area contributed by atoms with E-state index >= 15 is 0 Å². The van der Waals surface area contributed by atoms with Gasteiger partial charge in [-0.2, -0.15) is 0 Å². The van der Waals surface area contributed by atoms with Gasteiger partial charge >= 0.3 is 0 Å². The summed E-state index contributed by atoms with van der Waals surface area (Å²) in [5, 5.41) is 3.49. The molecular formula is C14H28N2O2. The van der Waals surface area contributed by atoms with Gasteiger partial charge in [-0.25, -0.2) is 0 Å². The van der Waals surface area contributed by atoms with Crippen LogP contribution in [-0.2, 0) is 9.53 Å². The van der Waals surface area contributed by atoms with Crippen molar-refractivity contribution in [1.29, 1.82) is 0 Å². The number of amides is 1. The van der Waals surface area contributed by atoms with E-state index < -0.39 is 0 Å². The number of carbonyl (C=O) groups excluding carboxylic acids is 1. The summed E-state index contributed by atoms with van der Waals surface area (Å²) in [6.07, 6.45) is 3.20. The summed E-state index contributed by atoms with van der Waals surface area (Å²) < 4.78 is 5.26. The molecule has 3 unspecified atom stereocenters. The van der Waals surface area contributed by atoms with Crippen molar-refractivity contribution in [3.05, 3.63) is 0 Å². The Balaban J connectivity index is 2.85. The van der Waals surface area contributed by atoms with E-state index in [0.29, 0.717) is 12.5 Å². The van der Waals surface area contributed by atoms with Crippen LogP contribution in [0.2, 0.25) is 0 Å². The van der Waals surface area contributed by atoms with Crippen LogP contribution in [0.3, 0.4) is 0 Å². The monoisotopic (exact) mass is 256 g/mol. The van der Waals surface area contributed by atoms with Crippen LogP contribution in [0.25, 0.3) is 0 Å². The van der Waals surface area contributed by atoms with Crippen molar-refractivity contribution >= 4 is 5.91 Å². The number of hydrogen-bond donors (Lipinski definition) is 1. The van der Waals surface area contributed by atoms with Crippen LogP contribution in [-0.4, -0.2) is 42.8 Å². The number of nitrogens with one attached hydrogen (secondary N) is 1. The van der Waals surface area contributed by atoms with Gasteiger partial charge in [0.15, 0.2) is 0 Å². The maximum absolute atomic E-state index is 12.5. The van der Waals surface area contributed by atoms with Gasteiger partial charge in [0.2, 0.25) is 5.91 Å². The zero-order valence-electron chi connectivity index (χ0n) is 12.4. The second-order valence-corrected chi connectivity index (χ2v) is 5.46. The summed E-state index contributed by atoms with van der Waals surface area (Å²) in [7, 11) is 1.70. The van der Waals surface area contributed by atoms with Crippen molar-refractivity contribution in [2.45, 2.75) is 65.2 Å². The molecule has 0 aliphatic carbocycles. The van der Waals surface area contributed by atoms with Crippen molar-refractivity contribution in [3.63, 3.8) is 0 Å². The Labute approximate surface area is 111 Å². The average molecular weight is 256 g/mol. The third kappa shape index (κ3) is 3.23. The quantitative estimate of drug-likeness (QED) is 0.757. The SMILES string of the molecule is CCCC1NC(C(C)C)C(=O)N1C(CC)COC. The second-order valence-electron chi connectivity index (χ2n) is 5.46. The van der Waals surface area contributed by atoms with Gasteiger partial charge in [0.05, 0.1) is 24.9 Å². The van der Waals surface area contributed by atoms with Crippen molar-refractivity contribution in [3.8, 4) is 0 Å². The first-order valence-corrected chi connectivity index (χ1v) is 7.13. The Kier molecular flexibility index (Phi) is 6.09. The van der Waals surface area contributed by atoms with Crippen LogP contribution in [0, 0.1) is 5.92 Å². The maximum atomic E-state index is 12.5. The number of nitrogens with zero attached hydrogens (tertiary/aromatic N) is 1. The van der Waals surface area contributed by atoms with E-state index in [9.17, 15) is 4.79 Å². The molecule has 1 N–H and O–H groups in total. The second kappa shape index (κ2) is 7.10. The van der Waals surface area contributed by atoms with Gasteiger partial charge in [0.1, 0.15) is 0 Å². The summed E-state index contributed by atoms with van der Waals surface area (Å²) in [4.78, 5) is 14.5. The molecular weight excluding hydrogens is 228 g/mol.